The Morgan fingerprint density at radius 2 is 2.32 bits per heavy atom. The van der Waals surface area contributed by atoms with Crippen molar-refractivity contribution in [3.63, 3.8) is 0 Å². The molecule has 0 fully saturated rings. The number of hydrogen-bond donors (Lipinski definition) is 2. The average Bonchev–Trinajstić information content (AvgIpc) is 2.91. The Hall–Kier alpha value is -2.02. The number of nitrogens with one attached hydrogen (secondary N) is 1. The number of aryl methyl sites for hydroxylation is 1. The third kappa shape index (κ3) is 2.70. The number of amides is 1. The van der Waals surface area contributed by atoms with Gasteiger partial charge in [0.05, 0.1) is 11.3 Å². The van der Waals surface area contributed by atoms with E-state index in [9.17, 15) is 4.79 Å². The van der Waals surface area contributed by atoms with E-state index in [2.05, 4.69) is 20.4 Å². The molecule has 2 rings (SSSR count). The highest BCUT2D eigenvalue weighted by molar-refractivity contribution is 5.95. The number of aromatic nitrogens is 4. The summed E-state index contributed by atoms with van der Waals surface area (Å²) < 4.78 is 1.57. The lowest BCUT2D eigenvalue weighted by Crippen LogP contribution is -2.31. The highest BCUT2D eigenvalue weighted by Crippen LogP contribution is 2.09. The molecular weight excluding hydrogens is 246 g/mol. The first-order valence-corrected chi connectivity index (χ1v) is 6.24. The summed E-state index contributed by atoms with van der Waals surface area (Å²) in [7, 11) is 0. The van der Waals surface area contributed by atoms with Crippen molar-refractivity contribution in [2.75, 3.05) is 13.2 Å². The van der Waals surface area contributed by atoms with E-state index < -0.39 is 0 Å². The quantitative estimate of drug-likeness (QED) is 0.795. The molecule has 2 aromatic rings. The Morgan fingerprint density at radius 1 is 1.53 bits per heavy atom. The Bertz CT molecular complexity index is 581. The smallest absolute Gasteiger partial charge is 0.254 e. The van der Waals surface area contributed by atoms with Crippen molar-refractivity contribution < 1.29 is 9.90 Å². The third-order valence-corrected chi connectivity index (χ3v) is 2.91. The lowest BCUT2D eigenvalue weighted by Gasteiger charge is -2.12. The van der Waals surface area contributed by atoms with Crippen molar-refractivity contribution in [1.29, 1.82) is 0 Å². The monoisotopic (exact) mass is 263 g/mol. The van der Waals surface area contributed by atoms with Crippen LogP contribution in [0.15, 0.2) is 12.5 Å². The first-order chi connectivity index (χ1) is 9.17. The van der Waals surface area contributed by atoms with Gasteiger partial charge < -0.3 is 10.4 Å². The van der Waals surface area contributed by atoms with Crippen molar-refractivity contribution in [3.05, 3.63) is 23.8 Å². The van der Waals surface area contributed by atoms with Gasteiger partial charge in [0.25, 0.3) is 11.7 Å². The summed E-state index contributed by atoms with van der Waals surface area (Å²) in [6, 6.07) is 0. The van der Waals surface area contributed by atoms with E-state index in [4.69, 9.17) is 5.11 Å². The zero-order chi connectivity index (χ0) is 13.8. The Labute approximate surface area is 110 Å². The van der Waals surface area contributed by atoms with Crippen LogP contribution in [0.2, 0.25) is 0 Å². The number of carbonyl (C=O) groups excluding carboxylic acids is 1. The van der Waals surface area contributed by atoms with E-state index in [1.807, 2.05) is 13.8 Å². The first-order valence-electron chi connectivity index (χ1n) is 6.24. The number of hydrogen-bond acceptors (Lipinski definition) is 5. The third-order valence-electron chi connectivity index (χ3n) is 2.91. The number of carbonyl (C=O) groups is 1. The molecule has 0 spiro atoms. The lowest BCUT2D eigenvalue weighted by atomic mass is 10.1. The van der Waals surface area contributed by atoms with Gasteiger partial charge >= 0.3 is 0 Å². The lowest BCUT2D eigenvalue weighted by molar-refractivity contribution is 0.0940. The van der Waals surface area contributed by atoms with Gasteiger partial charge in [-0.05, 0) is 12.3 Å². The van der Waals surface area contributed by atoms with Crippen LogP contribution in [0.3, 0.4) is 0 Å². The van der Waals surface area contributed by atoms with Crippen LogP contribution in [-0.2, 0) is 6.42 Å². The molecule has 2 aromatic heterocycles. The minimum Gasteiger partial charge on any atom is -0.396 e. The highest BCUT2D eigenvalue weighted by atomic mass is 16.3. The van der Waals surface area contributed by atoms with Gasteiger partial charge in [-0.15, -0.1) is 0 Å². The molecule has 2 N–H and O–H groups in total. The maximum absolute atomic E-state index is 12.1. The summed E-state index contributed by atoms with van der Waals surface area (Å²) >= 11 is 0. The molecule has 0 saturated carbocycles. The van der Waals surface area contributed by atoms with Crippen LogP contribution >= 0.6 is 0 Å². The van der Waals surface area contributed by atoms with Crippen molar-refractivity contribution in [1.82, 2.24) is 24.9 Å². The minimum absolute atomic E-state index is 0.0251. The molecule has 2 heterocycles. The molecule has 19 heavy (non-hydrogen) atoms. The van der Waals surface area contributed by atoms with Gasteiger partial charge in [0.2, 0.25) is 0 Å². The van der Waals surface area contributed by atoms with E-state index in [0.717, 1.165) is 5.69 Å². The van der Waals surface area contributed by atoms with Crippen molar-refractivity contribution >= 4 is 11.7 Å². The summed E-state index contributed by atoms with van der Waals surface area (Å²) in [5.41, 5.74) is 1.27. The van der Waals surface area contributed by atoms with Gasteiger partial charge in [-0.25, -0.2) is 9.50 Å². The van der Waals surface area contributed by atoms with Gasteiger partial charge in [0, 0.05) is 19.3 Å². The largest absolute Gasteiger partial charge is 0.396 e. The number of aliphatic hydroxyl groups excluding tert-OH is 1. The fraction of sp³-hybridized carbons (Fsp3) is 0.500. The fourth-order valence-corrected chi connectivity index (χ4v) is 1.78. The van der Waals surface area contributed by atoms with Crippen LogP contribution in [0, 0.1) is 5.92 Å². The van der Waals surface area contributed by atoms with E-state index >= 15 is 0 Å². The summed E-state index contributed by atoms with van der Waals surface area (Å²) in [5, 5.41) is 15.8. The Kier molecular flexibility index (Phi) is 4.06. The molecule has 0 aliphatic carbocycles. The summed E-state index contributed by atoms with van der Waals surface area (Å²) in [5.74, 6) is 0.302. The van der Waals surface area contributed by atoms with Crippen molar-refractivity contribution in [2.45, 2.75) is 20.3 Å². The highest BCUT2D eigenvalue weighted by Gasteiger charge is 2.15. The molecule has 0 saturated heterocycles. The fourth-order valence-electron chi connectivity index (χ4n) is 1.78. The summed E-state index contributed by atoms with van der Waals surface area (Å²) in [6.07, 6.45) is 3.58. The van der Waals surface area contributed by atoms with E-state index in [-0.39, 0.29) is 18.4 Å². The number of rotatable bonds is 5. The Morgan fingerprint density at radius 3 is 3.00 bits per heavy atom. The van der Waals surface area contributed by atoms with Crippen LogP contribution < -0.4 is 5.32 Å². The van der Waals surface area contributed by atoms with Crippen LogP contribution in [-0.4, -0.2) is 43.7 Å². The molecule has 0 aliphatic heterocycles. The zero-order valence-corrected chi connectivity index (χ0v) is 11.0. The molecule has 0 aliphatic rings. The van der Waals surface area contributed by atoms with Crippen LogP contribution in [0.5, 0.6) is 0 Å². The predicted octanol–water partition coefficient (Wildman–Crippen LogP) is 0.0449. The van der Waals surface area contributed by atoms with Gasteiger partial charge in [-0.2, -0.15) is 10.1 Å². The van der Waals surface area contributed by atoms with Crippen LogP contribution in [0.4, 0.5) is 0 Å². The molecule has 1 amide bonds. The predicted molar refractivity (Wildman–Crippen MR) is 68.7 cm³/mol. The second kappa shape index (κ2) is 5.75. The van der Waals surface area contributed by atoms with Crippen LogP contribution in [0.1, 0.15) is 29.9 Å². The topological polar surface area (TPSA) is 92.4 Å². The second-order valence-electron chi connectivity index (χ2n) is 4.44. The molecule has 1 atom stereocenters. The molecular formula is C12H17N5O2. The van der Waals surface area contributed by atoms with E-state index in [1.54, 1.807) is 4.52 Å². The van der Waals surface area contributed by atoms with Gasteiger partial charge in [0.1, 0.15) is 6.33 Å². The standard InChI is InChI=1S/C12H17N5O2/c1-3-10-9(11(19)13-4-8(2)6-18)5-14-12-15-7-16-17(10)12/h5,7-8,18H,3-4,6H2,1-2H3,(H,13,19). The maximum Gasteiger partial charge on any atom is 0.254 e. The summed E-state index contributed by atoms with van der Waals surface area (Å²) in [6.45, 7) is 4.28. The molecule has 7 nitrogen and oxygen atoms in total. The second-order valence-corrected chi connectivity index (χ2v) is 4.44. The molecule has 102 valence electrons. The molecule has 1 unspecified atom stereocenters. The molecule has 0 bridgehead atoms. The van der Waals surface area contributed by atoms with E-state index in [1.165, 1.54) is 12.5 Å². The Balaban J connectivity index is 2.26. The number of aliphatic hydroxyl groups is 1. The minimum atomic E-state index is -0.206. The van der Waals surface area contributed by atoms with E-state index in [0.29, 0.717) is 24.3 Å². The first kappa shape index (κ1) is 13.4. The maximum atomic E-state index is 12.1. The number of fused-ring (bicyclic) bond motifs is 1. The average molecular weight is 263 g/mol. The molecule has 0 aromatic carbocycles. The normalized spacial score (nSPS) is 12.6. The van der Waals surface area contributed by atoms with Gasteiger partial charge in [-0.3, -0.25) is 4.79 Å². The van der Waals surface area contributed by atoms with Gasteiger partial charge in [0.15, 0.2) is 0 Å². The zero-order valence-electron chi connectivity index (χ0n) is 11.0. The van der Waals surface area contributed by atoms with Crippen molar-refractivity contribution in [3.8, 4) is 0 Å². The van der Waals surface area contributed by atoms with Gasteiger partial charge in [-0.1, -0.05) is 13.8 Å². The van der Waals surface area contributed by atoms with Crippen LogP contribution in [0.25, 0.3) is 5.78 Å². The van der Waals surface area contributed by atoms with Crippen molar-refractivity contribution in [2.24, 2.45) is 5.92 Å². The summed E-state index contributed by atoms with van der Waals surface area (Å²) in [4.78, 5) is 20.2. The SMILES string of the molecule is CCc1c(C(=O)NCC(C)CO)cnc2ncnn12. The number of nitrogens with zero attached hydrogens (tertiary/aromatic N) is 4. The molecule has 0 radical (unpaired) electrons. The molecule has 7 heteroatoms.